The van der Waals surface area contributed by atoms with Crippen molar-refractivity contribution < 1.29 is 4.79 Å². The molecule has 2 aromatic rings. The van der Waals surface area contributed by atoms with Crippen molar-refractivity contribution in [3.05, 3.63) is 33.0 Å². The molecule has 130 valence electrons. The largest absolute Gasteiger partial charge is 0.351 e. The summed E-state index contributed by atoms with van der Waals surface area (Å²) in [6.45, 7) is 6.13. The third-order valence-electron chi connectivity index (χ3n) is 4.47. The predicted molar refractivity (Wildman–Crippen MR) is 98.6 cm³/mol. The summed E-state index contributed by atoms with van der Waals surface area (Å²) in [7, 11) is 0. The summed E-state index contributed by atoms with van der Waals surface area (Å²) in [6.07, 6.45) is 4.09. The lowest BCUT2D eigenvalue weighted by molar-refractivity contribution is 0.0938. The molecule has 0 saturated carbocycles. The van der Waals surface area contributed by atoms with E-state index >= 15 is 0 Å². The van der Waals surface area contributed by atoms with Gasteiger partial charge in [0.05, 0.1) is 5.69 Å². The summed E-state index contributed by atoms with van der Waals surface area (Å²) in [4.78, 5) is 17.0. The van der Waals surface area contributed by atoms with E-state index in [1.54, 1.807) is 0 Å². The van der Waals surface area contributed by atoms with E-state index < -0.39 is 0 Å². The van der Waals surface area contributed by atoms with Crippen LogP contribution in [0.25, 0.3) is 0 Å². The van der Waals surface area contributed by atoms with Crippen LogP contribution in [0, 0.1) is 5.92 Å². The Hall–Kier alpha value is -1.31. The van der Waals surface area contributed by atoms with E-state index in [9.17, 15) is 4.79 Å². The highest BCUT2D eigenvalue weighted by atomic mass is 32.1. The van der Waals surface area contributed by atoms with Gasteiger partial charge in [0.1, 0.15) is 4.88 Å². The molecule has 5 nitrogen and oxygen atoms in total. The number of nitrogens with zero attached hydrogens (tertiary/aromatic N) is 3. The SMILES string of the molecule is CCCc1nnsc1C(=O)NCC1CCN(Cc2cccs2)CC1. The van der Waals surface area contributed by atoms with Crippen LogP contribution in [0.15, 0.2) is 17.5 Å². The maximum atomic E-state index is 12.3. The number of amides is 1. The van der Waals surface area contributed by atoms with E-state index in [4.69, 9.17) is 0 Å². The van der Waals surface area contributed by atoms with Crippen LogP contribution in [0.3, 0.4) is 0 Å². The second-order valence-electron chi connectivity index (χ2n) is 6.31. The smallest absolute Gasteiger partial charge is 0.264 e. The standard InChI is InChI=1S/C17H24N4OS2/c1-2-4-15-16(24-20-19-15)17(22)18-11-13-6-8-21(9-7-13)12-14-5-3-10-23-14/h3,5,10,13H,2,4,6-9,11-12H2,1H3,(H,18,22). The first kappa shape index (κ1) is 17.5. The van der Waals surface area contributed by atoms with Gasteiger partial charge in [0.2, 0.25) is 0 Å². The zero-order valence-corrected chi connectivity index (χ0v) is 15.7. The summed E-state index contributed by atoms with van der Waals surface area (Å²) >= 11 is 3.03. The average molecular weight is 365 g/mol. The third-order valence-corrected chi connectivity index (χ3v) is 6.09. The number of hydrogen-bond donors (Lipinski definition) is 1. The van der Waals surface area contributed by atoms with E-state index in [0.29, 0.717) is 10.8 Å². The van der Waals surface area contributed by atoms with Crippen LogP contribution in [-0.2, 0) is 13.0 Å². The van der Waals surface area contributed by atoms with Gasteiger partial charge in [-0.3, -0.25) is 9.69 Å². The van der Waals surface area contributed by atoms with Gasteiger partial charge < -0.3 is 5.32 Å². The highest BCUT2D eigenvalue weighted by Crippen LogP contribution is 2.20. The zero-order chi connectivity index (χ0) is 16.8. The molecule has 1 fully saturated rings. The van der Waals surface area contributed by atoms with Gasteiger partial charge in [-0.25, -0.2) is 0 Å². The molecule has 0 aliphatic carbocycles. The molecule has 2 aromatic heterocycles. The maximum Gasteiger partial charge on any atom is 0.264 e. The first-order chi connectivity index (χ1) is 11.8. The number of hydrogen-bond acceptors (Lipinski definition) is 6. The lowest BCUT2D eigenvalue weighted by Gasteiger charge is -2.31. The molecule has 1 N–H and O–H groups in total. The minimum atomic E-state index is -0.00512. The zero-order valence-electron chi connectivity index (χ0n) is 14.0. The highest BCUT2D eigenvalue weighted by Gasteiger charge is 2.21. The molecule has 1 saturated heterocycles. The molecular formula is C17H24N4OS2. The minimum absolute atomic E-state index is 0.00512. The Morgan fingerprint density at radius 3 is 2.96 bits per heavy atom. The van der Waals surface area contributed by atoms with Crippen LogP contribution < -0.4 is 5.32 Å². The molecule has 24 heavy (non-hydrogen) atoms. The van der Waals surface area contributed by atoms with Crippen LogP contribution in [0.2, 0.25) is 0 Å². The summed E-state index contributed by atoms with van der Waals surface area (Å²) in [6, 6.07) is 4.32. The number of likely N-dealkylation sites (tertiary alicyclic amines) is 1. The Bertz CT molecular complexity index is 633. The maximum absolute atomic E-state index is 12.3. The summed E-state index contributed by atoms with van der Waals surface area (Å²) in [5.41, 5.74) is 0.839. The average Bonchev–Trinajstić information content (AvgIpc) is 3.26. The van der Waals surface area contributed by atoms with E-state index in [-0.39, 0.29) is 5.91 Å². The predicted octanol–water partition coefficient (Wildman–Crippen LogP) is 3.19. The number of aryl methyl sites for hydroxylation is 1. The molecule has 0 atom stereocenters. The van der Waals surface area contributed by atoms with Crippen molar-refractivity contribution in [3.8, 4) is 0 Å². The van der Waals surface area contributed by atoms with E-state index in [1.165, 1.54) is 16.4 Å². The van der Waals surface area contributed by atoms with Crippen LogP contribution >= 0.6 is 22.9 Å². The monoisotopic (exact) mass is 364 g/mol. The molecule has 3 heterocycles. The van der Waals surface area contributed by atoms with Gasteiger partial charge in [0.15, 0.2) is 0 Å². The fourth-order valence-corrected chi connectivity index (χ4v) is 4.44. The van der Waals surface area contributed by atoms with E-state index in [2.05, 4.69) is 44.2 Å². The molecule has 0 bridgehead atoms. The lowest BCUT2D eigenvalue weighted by atomic mass is 9.96. The number of piperidine rings is 1. The second kappa shape index (κ2) is 8.69. The topological polar surface area (TPSA) is 58.1 Å². The van der Waals surface area contributed by atoms with Gasteiger partial charge in [0.25, 0.3) is 5.91 Å². The number of carbonyl (C=O) groups is 1. The van der Waals surface area contributed by atoms with Crippen LogP contribution in [0.1, 0.15) is 46.4 Å². The minimum Gasteiger partial charge on any atom is -0.351 e. The van der Waals surface area contributed by atoms with Crippen molar-refractivity contribution in [1.82, 2.24) is 19.8 Å². The number of carbonyl (C=O) groups excluding carboxylic acids is 1. The summed E-state index contributed by atoms with van der Waals surface area (Å²) in [5.74, 6) is 0.568. The fraction of sp³-hybridized carbons (Fsp3) is 0.588. The Kier molecular flexibility index (Phi) is 6.34. The molecular weight excluding hydrogens is 340 g/mol. The normalized spacial score (nSPS) is 16.4. The summed E-state index contributed by atoms with van der Waals surface area (Å²) in [5, 5.41) is 9.30. The lowest BCUT2D eigenvalue weighted by Crippen LogP contribution is -2.38. The van der Waals surface area contributed by atoms with Gasteiger partial charge in [-0.15, -0.1) is 16.4 Å². The molecule has 3 rings (SSSR count). The molecule has 0 aromatic carbocycles. The van der Waals surface area contributed by atoms with Crippen molar-refractivity contribution in [2.24, 2.45) is 5.92 Å². The third kappa shape index (κ3) is 4.62. The van der Waals surface area contributed by atoms with Gasteiger partial charge >= 0.3 is 0 Å². The number of nitrogens with one attached hydrogen (secondary N) is 1. The van der Waals surface area contributed by atoms with Gasteiger partial charge in [-0.05, 0) is 61.2 Å². The van der Waals surface area contributed by atoms with Gasteiger partial charge in [-0.2, -0.15) is 0 Å². The van der Waals surface area contributed by atoms with Crippen LogP contribution in [-0.4, -0.2) is 40.0 Å². The number of thiophene rings is 1. The quantitative estimate of drug-likeness (QED) is 0.820. The van der Waals surface area contributed by atoms with Crippen LogP contribution in [0.5, 0.6) is 0 Å². The number of rotatable bonds is 7. The van der Waals surface area contributed by atoms with E-state index in [1.807, 2.05) is 11.3 Å². The summed E-state index contributed by atoms with van der Waals surface area (Å²) < 4.78 is 3.93. The van der Waals surface area contributed by atoms with E-state index in [0.717, 1.165) is 57.6 Å². The van der Waals surface area contributed by atoms with Crippen molar-refractivity contribution in [1.29, 1.82) is 0 Å². The Morgan fingerprint density at radius 2 is 2.25 bits per heavy atom. The Morgan fingerprint density at radius 1 is 1.42 bits per heavy atom. The molecule has 0 unspecified atom stereocenters. The molecule has 1 amide bonds. The van der Waals surface area contributed by atoms with Gasteiger partial charge in [0, 0.05) is 18.0 Å². The molecule has 1 aliphatic rings. The first-order valence-corrected chi connectivity index (χ1v) is 10.3. The Labute approximate surface area is 151 Å². The van der Waals surface area contributed by atoms with Crippen LogP contribution in [0.4, 0.5) is 0 Å². The van der Waals surface area contributed by atoms with Crippen molar-refractivity contribution in [2.75, 3.05) is 19.6 Å². The molecule has 0 radical (unpaired) electrons. The van der Waals surface area contributed by atoms with Crippen molar-refractivity contribution >= 4 is 28.8 Å². The molecule has 0 spiro atoms. The first-order valence-electron chi connectivity index (χ1n) is 8.60. The number of aromatic nitrogens is 2. The fourth-order valence-electron chi connectivity index (χ4n) is 3.07. The Balaban J connectivity index is 1.41. The molecule has 1 aliphatic heterocycles. The highest BCUT2D eigenvalue weighted by molar-refractivity contribution is 7.09. The molecule has 7 heteroatoms. The van der Waals surface area contributed by atoms with Crippen molar-refractivity contribution in [2.45, 2.75) is 39.2 Å². The van der Waals surface area contributed by atoms with Crippen molar-refractivity contribution in [3.63, 3.8) is 0 Å². The second-order valence-corrected chi connectivity index (χ2v) is 8.09. The van der Waals surface area contributed by atoms with Gasteiger partial charge in [-0.1, -0.05) is 23.9 Å².